The number of nitrogens with zero attached hydrogens (tertiary/aromatic N) is 1. The van der Waals surface area contributed by atoms with Crippen LogP contribution in [0, 0.1) is 23.3 Å². The fourth-order valence-electron chi connectivity index (χ4n) is 4.63. The third-order valence-corrected chi connectivity index (χ3v) is 6.48. The van der Waals surface area contributed by atoms with Crippen molar-refractivity contribution in [3.63, 3.8) is 0 Å². The van der Waals surface area contributed by atoms with Crippen molar-refractivity contribution in [3.8, 4) is 0 Å². The van der Waals surface area contributed by atoms with Gasteiger partial charge in [0.1, 0.15) is 41.5 Å². The molecule has 1 N–H and O–H groups in total. The molecule has 2 fully saturated rings. The van der Waals surface area contributed by atoms with Gasteiger partial charge in [0.2, 0.25) is 5.60 Å². The molecule has 33 heavy (non-hydrogen) atoms. The van der Waals surface area contributed by atoms with Crippen molar-refractivity contribution in [2.75, 3.05) is 21.1 Å². The minimum atomic E-state index is -2.95. The molecule has 1 heterocycles. The van der Waals surface area contributed by atoms with Crippen LogP contribution >= 0.6 is 0 Å². The molecule has 0 aromatic heterocycles. The molecule has 0 radical (unpaired) electrons. The lowest BCUT2D eigenvalue weighted by Gasteiger charge is -2.35. The van der Waals surface area contributed by atoms with Crippen LogP contribution in [-0.2, 0) is 19.9 Å². The predicted molar refractivity (Wildman–Crippen MR) is 110 cm³/mol. The summed E-state index contributed by atoms with van der Waals surface area (Å²) in [4.78, 5) is 13.3. The number of esters is 1. The Morgan fingerprint density at radius 2 is 1.55 bits per heavy atom. The number of benzene rings is 2. The van der Waals surface area contributed by atoms with Gasteiger partial charge in [0.05, 0.1) is 27.2 Å². The standard InChI is InChI=1S/C24H26F4NO4/c1-29(2,3)20-12-15(6-9-21-22(20)33-21)32-23(30)24(31,16-7-4-13(25)10-18(16)27)17-8-5-14(26)11-19(17)28/h4-5,7-8,10-11,15,20-22,31H,6,9,12H2,1-3H3/q+1/t15-,20?,21-,22?/m1/s1. The minimum absolute atomic E-state index is 0.00788. The number of carbonyl (C=O) groups excluding carboxylic acids is 1. The monoisotopic (exact) mass is 468 g/mol. The lowest BCUT2D eigenvalue weighted by molar-refractivity contribution is -0.897. The molecule has 2 aromatic rings. The first kappa shape index (κ1) is 23.7. The van der Waals surface area contributed by atoms with Crippen molar-refractivity contribution in [2.24, 2.45) is 0 Å². The van der Waals surface area contributed by atoms with E-state index < -0.39 is 52.1 Å². The Hall–Kier alpha value is -2.49. The normalized spacial score (nSPS) is 25.2. The molecular formula is C24H26F4NO4+. The van der Waals surface area contributed by atoms with E-state index in [2.05, 4.69) is 0 Å². The molecule has 4 atom stereocenters. The number of hydrogen-bond donors (Lipinski definition) is 1. The highest BCUT2D eigenvalue weighted by atomic mass is 19.1. The Kier molecular flexibility index (Phi) is 6.01. The van der Waals surface area contributed by atoms with Crippen LogP contribution in [0.25, 0.3) is 0 Å². The Labute approximate surface area is 189 Å². The van der Waals surface area contributed by atoms with E-state index in [1.165, 1.54) is 0 Å². The van der Waals surface area contributed by atoms with Gasteiger partial charge >= 0.3 is 5.97 Å². The number of epoxide rings is 1. The fraction of sp³-hybridized carbons (Fsp3) is 0.458. The first-order chi connectivity index (χ1) is 15.4. The van der Waals surface area contributed by atoms with E-state index >= 15 is 0 Å². The van der Waals surface area contributed by atoms with Crippen LogP contribution in [0.1, 0.15) is 30.4 Å². The Balaban J connectivity index is 1.71. The smallest absolute Gasteiger partial charge is 0.348 e. The molecule has 178 valence electrons. The van der Waals surface area contributed by atoms with Gasteiger partial charge in [-0.3, -0.25) is 0 Å². The zero-order valence-corrected chi connectivity index (χ0v) is 18.5. The van der Waals surface area contributed by atoms with E-state index in [9.17, 15) is 27.5 Å². The van der Waals surface area contributed by atoms with Gasteiger partial charge in [-0.2, -0.15) is 0 Å². The molecule has 2 aliphatic rings. The summed E-state index contributed by atoms with van der Waals surface area (Å²) in [6.45, 7) is 0. The Bertz CT molecular complexity index is 1020. The third kappa shape index (κ3) is 4.49. The van der Waals surface area contributed by atoms with Gasteiger partial charge in [0.15, 0.2) is 0 Å². The number of likely N-dealkylation sites (N-methyl/N-ethyl adjacent to an activating group) is 1. The van der Waals surface area contributed by atoms with Crippen molar-refractivity contribution in [1.29, 1.82) is 0 Å². The van der Waals surface area contributed by atoms with E-state index in [1.807, 2.05) is 21.1 Å². The summed E-state index contributed by atoms with van der Waals surface area (Å²) >= 11 is 0. The molecule has 1 saturated carbocycles. The molecule has 2 unspecified atom stereocenters. The number of hydrogen-bond acceptors (Lipinski definition) is 4. The van der Waals surface area contributed by atoms with E-state index in [4.69, 9.17) is 9.47 Å². The highest BCUT2D eigenvalue weighted by molar-refractivity contribution is 5.85. The maximum atomic E-state index is 14.7. The van der Waals surface area contributed by atoms with Crippen LogP contribution in [0.2, 0.25) is 0 Å². The first-order valence-electron chi connectivity index (χ1n) is 10.7. The van der Waals surface area contributed by atoms with Crippen molar-refractivity contribution in [2.45, 2.75) is 49.2 Å². The van der Waals surface area contributed by atoms with E-state index in [0.29, 0.717) is 35.9 Å². The lowest BCUT2D eigenvalue weighted by atomic mass is 9.85. The molecule has 0 amide bonds. The van der Waals surface area contributed by atoms with Gasteiger partial charge in [-0.25, -0.2) is 22.4 Å². The predicted octanol–water partition coefficient (Wildman–Crippen LogP) is 3.42. The molecule has 1 saturated heterocycles. The molecule has 2 aromatic carbocycles. The first-order valence-corrected chi connectivity index (χ1v) is 10.7. The van der Waals surface area contributed by atoms with Gasteiger partial charge in [0, 0.05) is 29.7 Å². The number of aliphatic hydroxyl groups is 1. The maximum Gasteiger partial charge on any atom is 0.348 e. The van der Waals surface area contributed by atoms with Crippen molar-refractivity contribution < 1.29 is 41.4 Å². The van der Waals surface area contributed by atoms with Gasteiger partial charge in [-0.05, 0) is 37.1 Å². The number of ether oxygens (including phenoxy) is 2. The Morgan fingerprint density at radius 3 is 2.03 bits per heavy atom. The fourth-order valence-corrected chi connectivity index (χ4v) is 4.63. The number of fused-ring (bicyclic) bond motifs is 1. The van der Waals surface area contributed by atoms with Crippen LogP contribution in [-0.4, -0.2) is 61.1 Å². The summed E-state index contributed by atoms with van der Waals surface area (Å²) in [6.07, 6.45) is 0.931. The van der Waals surface area contributed by atoms with Crippen molar-refractivity contribution in [3.05, 3.63) is 70.8 Å². The summed E-state index contributed by atoms with van der Waals surface area (Å²) in [6, 6.07) is 4.31. The molecule has 0 spiro atoms. The maximum absolute atomic E-state index is 14.7. The highest BCUT2D eigenvalue weighted by Gasteiger charge is 2.54. The van der Waals surface area contributed by atoms with Crippen LogP contribution in [0.4, 0.5) is 17.6 Å². The quantitative estimate of drug-likeness (QED) is 0.316. The topological polar surface area (TPSA) is 59.1 Å². The molecular weight excluding hydrogens is 442 g/mol. The summed E-state index contributed by atoms with van der Waals surface area (Å²) in [5, 5.41) is 11.4. The number of rotatable bonds is 5. The number of carbonyl (C=O) groups is 1. The highest BCUT2D eigenvalue weighted by Crippen LogP contribution is 2.41. The molecule has 9 heteroatoms. The average molecular weight is 468 g/mol. The summed E-state index contributed by atoms with van der Waals surface area (Å²) in [7, 11) is 5.98. The summed E-state index contributed by atoms with van der Waals surface area (Å²) in [5.41, 5.74) is -4.34. The van der Waals surface area contributed by atoms with Crippen LogP contribution < -0.4 is 0 Å². The van der Waals surface area contributed by atoms with E-state index in [0.717, 1.165) is 24.3 Å². The second-order valence-electron chi connectivity index (χ2n) is 9.62. The molecule has 5 nitrogen and oxygen atoms in total. The summed E-state index contributed by atoms with van der Waals surface area (Å²) in [5.74, 6) is -5.74. The molecule has 0 bridgehead atoms. The SMILES string of the molecule is C[N+](C)(C)C1C[C@H](OC(=O)C(O)(c2ccc(F)cc2F)c2ccc(F)cc2F)CC[C@H]2OC12. The third-order valence-electron chi connectivity index (χ3n) is 6.48. The van der Waals surface area contributed by atoms with Crippen molar-refractivity contribution >= 4 is 5.97 Å². The van der Waals surface area contributed by atoms with Gasteiger partial charge in [-0.15, -0.1) is 0 Å². The molecule has 1 aliphatic heterocycles. The second-order valence-corrected chi connectivity index (χ2v) is 9.62. The number of quaternary nitrogens is 1. The van der Waals surface area contributed by atoms with Crippen LogP contribution in [0.3, 0.4) is 0 Å². The van der Waals surface area contributed by atoms with Crippen LogP contribution in [0.15, 0.2) is 36.4 Å². The molecule has 1 aliphatic carbocycles. The van der Waals surface area contributed by atoms with Crippen molar-refractivity contribution in [1.82, 2.24) is 0 Å². The summed E-state index contributed by atoms with van der Waals surface area (Å²) < 4.78 is 68.3. The van der Waals surface area contributed by atoms with E-state index in [-0.39, 0.29) is 18.2 Å². The van der Waals surface area contributed by atoms with Gasteiger partial charge < -0.3 is 19.1 Å². The largest absolute Gasteiger partial charge is 0.459 e. The van der Waals surface area contributed by atoms with Crippen LogP contribution in [0.5, 0.6) is 0 Å². The number of halogens is 4. The van der Waals surface area contributed by atoms with Gasteiger partial charge in [-0.1, -0.05) is 0 Å². The average Bonchev–Trinajstić information content (AvgIpc) is 3.48. The van der Waals surface area contributed by atoms with Gasteiger partial charge in [0.25, 0.3) is 0 Å². The zero-order valence-electron chi connectivity index (χ0n) is 18.5. The second kappa shape index (κ2) is 8.38. The van der Waals surface area contributed by atoms with E-state index in [1.54, 1.807) is 0 Å². The Morgan fingerprint density at radius 1 is 1.00 bits per heavy atom. The minimum Gasteiger partial charge on any atom is -0.459 e. The zero-order chi connectivity index (χ0) is 24.1. The lowest BCUT2D eigenvalue weighted by Crippen LogP contribution is -2.50. The molecule has 4 rings (SSSR count).